The highest BCUT2D eigenvalue weighted by Crippen LogP contribution is 2.37. The van der Waals surface area contributed by atoms with Crippen molar-refractivity contribution in [3.63, 3.8) is 0 Å². The van der Waals surface area contributed by atoms with E-state index in [0.29, 0.717) is 19.6 Å². The van der Waals surface area contributed by atoms with Gasteiger partial charge in [-0.1, -0.05) is 36.4 Å². The van der Waals surface area contributed by atoms with Crippen molar-refractivity contribution in [2.45, 2.75) is 39.0 Å². The summed E-state index contributed by atoms with van der Waals surface area (Å²) in [5.74, 6) is -0.403. The van der Waals surface area contributed by atoms with Crippen molar-refractivity contribution in [2.75, 3.05) is 24.5 Å². The minimum Gasteiger partial charge on any atom is -0.435 e. The van der Waals surface area contributed by atoms with E-state index in [2.05, 4.69) is 12.1 Å². The van der Waals surface area contributed by atoms with Crippen LogP contribution >= 0.6 is 0 Å². The zero-order valence-electron chi connectivity index (χ0n) is 17.0. The number of hydrogen-bond acceptors (Lipinski definition) is 2. The largest absolute Gasteiger partial charge is 0.513 e. The van der Waals surface area contributed by atoms with Gasteiger partial charge >= 0.3 is 6.09 Å². The number of fused-ring (bicyclic) bond motifs is 2. The summed E-state index contributed by atoms with van der Waals surface area (Å²) in [6.45, 7) is 3.45. The highest BCUT2D eigenvalue weighted by atomic mass is 16.4. The maximum Gasteiger partial charge on any atom is 0.513 e. The summed E-state index contributed by atoms with van der Waals surface area (Å²) in [6, 6.07) is 16.1. The van der Waals surface area contributed by atoms with E-state index in [1.54, 1.807) is 0 Å². The van der Waals surface area contributed by atoms with E-state index < -0.39 is 6.09 Å². The number of aryl methyl sites for hydroxylation is 2. The quantitative estimate of drug-likeness (QED) is 0.765. The van der Waals surface area contributed by atoms with Gasteiger partial charge in [-0.15, -0.1) is 0 Å². The standard InChI is InChI=1S/C24H28N2O3/c1-18(17-26(24(28)29)15-7-2-8-16-26)23(27)25-21-11-5-3-9-19(21)13-14-20-10-4-6-12-22(20)25/h3-6,9-12,18H,2,7-8,13-17H2,1H3/p+1. The summed E-state index contributed by atoms with van der Waals surface area (Å²) in [6.07, 6.45) is 3.86. The Morgan fingerprint density at radius 3 is 1.97 bits per heavy atom. The van der Waals surface area contributed by atoms with E-state index in [1.165, 1.54) is 0 Å². The van der Waals surface area contributed by atoms with Gasteiger partial charge in [-0.2, -0.15) is 4.79 Å². The fraction of sp³-hybridized carbons (Fsp3) is 0.417. The highest BCUT2D eigenvalue weighted by Gasteiger charge is 2.42. The maximum atomic E-state index is 13.7. The third kappa shape index (κ3) is 3.67. The summed E-state index contributed by atoms with van der Waals surface area (Å²) < 4.78 is 0.00401. The predicted molar refractivity (Wildman–Crippen MR) is 113 cm³/mol. The number of hydrogen-bond donors (Lipinski definition) is 1. The molecule has 0 spiro atoms. The molecule has 2 aliphatic heterocycles. The molecule has 2 amide bonds. The van der Waals surface area contributed by atoms with E-state index in [-0.39, 0.29) is 16.3 Å². The van der Waals surface area contributed by atoms with Crippen LogP contribution in [0.15, 0.2) is 48.5 Å². The zero-order valence-corrected chi connectivity index (χ0v) is 17.0. The van der Waals surface area contributed by atoms with Gasteiger partial charge in [0.2, 0.25) is 5.91 Å². The van der Waals surface area contributed by atoms with Crippen LogP contribution in [-0.4, -0.2) is 41.2 Å². The maximum absolute atomic E-state index is 13.7. The van der Waals surface area contributed by atoms with Crippen molar-refractivity contribution >= 4 is 23.4 Å². The first-order valence-corrected chi connectivity index (χ1v) is 10.6. The van der Waals surface area contributed by atoms with Crippen LogP contribution < -0.4 is 4.90 Å². The molecule has 0 aliphatic carbocycles. The van der Waals surface area contributed by atoms with E-state index in [9.17, 15) is 14.7 Å². The van der Waals surface area contributed by atoms with Crippen LogP contribution in [0.4, 0.5) is 16.2 Å². The number of rotatable bonds is 3. The molecular weight excluding hydrogens is 364 g/mol. The van der Waals surface area contributed by atoms with E-state index >= 15 is 0 Å². The van der Waals surface area contributed by atoms with Crippen molar-refractivity contribution in [2.24, 2.45) is 5.92 Å². The molecule has 1 saturated heterocycles. The number of carbonyl (C=O) groups is 2. The average Bonchev–Trinajstić information content (AvgIpc) is 2.90. The fourth-order valence-corrected chi connectivity index (χ4v) is 4.91. The van der Waals surface area contributed by atoms with Crippen LogP contribution in [0.2, 0.25) is 0 Å². The summed E-state index contributed by atoms with van der Waals surface area (Å²) in [7, 11) is 0. The molecule has 152 valence electrons. The van der Waals surface area contributed by atoms with Gasteiger partial charge < -0.3 is 5.11 Å². The van der Waals surface area contributed by atoms with Gasteiger partial charge in [-0.25, -0.2) is 4.48 Å². The molecule has 2 heterocycles. The van der Waals surface area contributed by atoms with Crippen LogP contribution in [0.1, 0.15) is 37.3 Å². The molecule has 29 heavy (non-hydrogen) atoms. The Hall–Kier alpha value is -2.66. The molecule has 1 atom stereocenters. The van der Waals surface area contributed by atoms with Gasteiger partial charge in [0.15, 0.2) is 0 Å². The average molecular weight is 394 g/mol. The highest BCUT2D eigenvalue weighted by molar-refractivity contribution is 6.03. The number of amides is 2. The lowest BCUT2D eigenvalue weighted by atomic mass is 10.0. The molecule has 4 rings (SSSR count). The molecular formula is C24H29N2O3+. The summed E-state index contributed by atoms with van der Waals surface area (Å²) in [5.41, 5.74) is 4.17. The topological polar surface area (TPSA) is 57.6 Å². The van der Waals surface area contributed by atoms with Crippen LogP contribution in [0, 0.1) is 5.92 Å². The van der Waals surface area contributed by atoms with Gasteiger partial charge in [0.1, 0.15) is 6.54 Å². The fourth-order valence-electron chi connectivity index (χ4n) is 4.91. The molecule has 0 radical (unpaired) electrons. The molecule has 2 aromatic carbocycles. The summed E-state index contributed by atoms with van der Waals surface area (Å²) in [4.78, 5) is 27.7. The van der Waals surface area contributed by atoms with Gasteiger partial charge in [-0.3, -0.25) is 9.69 Å². The van der Waals surface area contributed by atoms with Crippen molar-refractivity contribution < 1.29 is 19.2 Å². The molecule has 0 bridgehead atoms. The molecule has 0 aromatic heterocycles. The molecule has 1 fully saturated rings. The lowest BCUT2D eigenvalue weighted by molar-refractivity contribution is -0.864. The Kier molecular flexibility index (Phi) is 5.41. The number of carbonyl (C=O) groups excluding carboxylic acids is 1. The van der Waals surface area contributed by atoms with Crippen molar-refractivity contribution in [3.05, 3.63) is 59.7 Å². The molecule has 0 saturated carbocycles. The molecule has 1 N–H and O–H groups in total. The lowest BCUT2D eigenvalue weighted by Crippen LogP contribution is -2.58. The number of likely N-dealkylation sites (tertiary alicyclic amines) is 1. The number of piperidine rings is 1. The first-order chi connectivity index (χ1) is 14.0. The summed E-state index contributed by atoms with van der Waals surface area (Å²) in [5, 5.41) is 9.94. The number of anilines is 2. The van der Waals surface area contributed by atoms with Crippen molar-refractivity contribution in [3.8, 4) is 0 Å². The SMILES string of the molecule is CC(C[N+]1(C(=O)O)CCCCC1)C(=O)N1c2ccccc2CCc2ccccc21. The van der Waals surface area contributed by atoms with Crippen LogP contribution in [-0.2, 0) is 17.6 Å². The smallest absolute Gasteiger partial charge is 0.435 e. The Bertz CT molecular complexity index is 870. The Labute approximate surface area is 172 Å². The Morgan fingerprint density at radius 1 is 0.931 bits per heavy atom. The minimum atomic E-state index is -0.805. The van der Waals surface area contributed by atoms with Gasteiger partial charge in [0.25, 0.3) is 0 Å². The third-order valence-electron chi connectivity index (χ3n) is 6.47. The van der Waals surface area contributed by atoms with E-state index in [0.717, 1.165) is 54.6 Å². The minimum absolute atomic E-state index is 0.00401. The monoisotopic (exact) mass is 393 g/mol. The van der Waals surface area contributed by atoms with Crippen molar-refractivity contribution in [1.82, 2.24) is 0 Å². The number of benzene rings is 2. The normalized spacial score (nSPS) is 18.9. The molecule has 1 unspecified atom stereocenters. The number of nitrogens with zero attached hydrogens (tertiary/aromatic N) is 2. The second kappa shape index (κ2) is 7.99. The van der Waals surface area contributed by atoms with Gasteiger partial charge in [-0.05, 0) is 62.3 Å². The van der Waals surface area contributed by atoms with E-state index in [1.807, 2.05) is 48.2 Å². The first kappa shape index (κ1) is 19.6. The second-order valence-electron chi connectivity index (χ2n) is 8.45. The van der Waals surface area contributed by atoms with Gasteiger partial charge in [0.05, 0.1) is 30.4 Å². The molecule has 2 aromatic rings. The molecule has 5 heteroatoms. The second-order valence-corrected chi connectivity index (χ2v) is 8.45. The van der Waals surface area contributed by atoms with Crippen LogP contribution in [0.25, 0.3) is 0 Å². The first-order valence-electron chi connectivity index (χ1n) is 10.6. The zero-order chi connectivity index (χ0) is 20.4. The molecule has 5 nitrogen and oxygen atoms in total. The number of quaternary nitrogens is 1. The van der Waals surface area contributed by atoms with Gasteiger partial charge in [0, 0.05) is 0 Å². The van der Waals surface area contributed by atoms with E-state index in [4.69, 9.17) is 0 Å². The number of carboxylic acid groups (broad SMARTS) is 1. The third-order valence-corrected chi connectivity index (χ3v) is 6.47. The predicted octanol–water partition coefficient (Wildman–Crippen LogP) is 4.76. The Balaban J connectivity index is 1.70. The Morgan fingerprint density at radius 2 is 1.45 bits per heavy atom. The molecule has 2 aliphatic rings. The van der Waals surface area contributed by atoms with Crippen molar-refractivity contribution in [1.29, 1.82) is 0 Å². The lowest BCUT2D eigenvalue weighted by Gasteiger charge is -2.38. The van der Waals surface area contributed by atoms with Crippen LogP contribution in [0.5, 0.6) is 0 Å². The summed E-state index contributed by atoms with van der Waals surface area (Å²) >= 11 is 0. The van der Waals surface area contributed by atoms with Crippen LogP contribution in [0.3, 0.4) is 0 Å². The number of para-hydroxylation sites is 2.